The molecule has 162 valence electrons. The number of fused-ring (bicyclic) bond motifs is 5. The summed E-state index contributed by atoms with van der Waals surface area (Å²) >= 11 is 0. The molecule has 3 saturated carbocycles. The van der Waals surface area contributed by atoms with E-state index in [1.54, 1.807) is 0 Å². The first-order valence-electron chi connectivity index (χ1n) is 11.4. The molecule has 0 aromatic carbocycles. The average molecular weight is 405 g/mol. The number of hydrogen-bond donors (Lipinski definition) is 1. The molecule has 5 heteroatoms. The van der Waals surface area contributed by atoms with E-state index in [4.69, 9.17) is 9.47 Å². The number of carbonyl (C=O) groups excluding carboxylic acids is 2. The lowest BCUT2D eigenvalue weighted by atomic mass is 9.45. The molecule has 1 N–H and O–H groups in total. The largest absolute Gasteiger partial charge is 0.462 e. The quantitative estimate of drug-likeness (QED) is 0.568. The zero-order valence-electron chi connectivity index (χ0n) is 18.3. The van der Waals surface area contributed by atoms with Crippen molar-refractivity contribution in [3.63, 3.8) is 0 Å². The van der Waals surface area contributed by atoms with Gasteiger partial charge in [-0.1, -0.05) is 25.5 Å². The van der Waals surface area contributed by atoms with Gasteiger partial charge >= 0.3 is 11.9 Å². The lowest BCUT2D eigenvalue weighted by molar-refractivity contribution is -0.160. The van der Waals surface area contributed by atoms with E-state index in [-0.39, 0.29) is 47.5 Å². The van der Waals surface area contributed by atoms with Crippen molar-refractivity contribution in [1.29, 1.82) is 0 Å². The van der Waals surface area contributed by atoms with Gasteiger partial charge in [-0.25, -0.2) is 0 Å². The summed E-state index contributed by atoms with van der Waals surface area (Å²) in [7, 11) is 0. The van der Waals surface area contributed by atoms with Crippen LogP contribution in [0.25, 0.3) is 0 Å². The number of aliphatic hydroxyl groups is 1. The van der Waals surface area contributed by atoms with Gasteiger partial charge < -0.3 is 14.6 Å². The molecule has 5 nitrogen and oxygen atoms in total. The fourth-order valence-electron chi connectivity index (χ4n) is 7.90. The molecule has 0 aliphatic heterocycles. The number of esters is 2. The zero-order valence-corrected chi connectivity index (χ0v) is 18.3. The van der Waals surface area contributed by atoms with Gasteiger partial charge in [0, 0.05) is 31.1 Å². The Morgan fingerprint density at radius 1 is 1.14 bits per heavy atom. The van der Waals surface area contributed by atoms with Gasteiger partial charge in [-0.15, -0.1) is 0 Å². The van der Waals surface area contributed by atoms with Crippen LogP contribution in [0.2, 0.25) is 0 Å². The van der Waals surface area contributed by atoms with E-state index < -0.39 is 0 Å². The molecule has 3 fully saturated rings. The van der Waals surface area contributed by atoms with Gasteiger partial charge in [0.05, 0.1) is 6.61 Å². The maximum atomic E-state index is 11.6. The fourth-order valence-corrected chi connectivity index (χ4v) is 7.90. The first-order valence-corrected chi connectivity index (χ1v) is 11.4. The molecule has 0 saturated heterocycles. The topological polar surface area (TPSA) is 72.8 Å². The summed E-state index contributed by atoms with van der Waals surface area (Å²) in [5, 5.41) is 10.7. The molecule has 29 heavy (non-hydrogen) atoms. The minimum atomic E-state index is -0.219. The Labute approximate surface area is 174 Å². The third kappa shape index (κ3) is 3.15. The molecule has 0 unspecified atom stereocenters. The van der Waals surface area contributed by atoms with Crippen molar-refractivity contribution in [3.05, 3.63) is 11.6 Å². The van der Waals surface area contributed by atoms with Crippen LogP contribution in [-0.2, 0) is 19.1 Å². The third-order valence-electron chi connectivity index (χ3n) is 9.09. The Balaban J connectivity index is 1.63. The molecule has 0 amide bonds. The second kappa shape index (κ2) is 7.40. The zero-order chi connectivity index (χ0) is 21.0. The number of hydrogen-bond acceptors (Lipinski definition) is 5. The second-order valence-electron chi connectivity index (χ2n) is 10.3. The molecule has 4 rings (SSSR count). The summed E-state index contributed by atoms with van der Waals surface area (Å²) in [5.41, 5.74) is 1.16. The third-order valence-corrected chi connectivity index (χ3v) is 9.09. The highest BCUT2D eigenvalue weighted by Crippen LogP contribution is 2.66. The standard InChI is InChI=1S/C24H36O5/c1-14-11-18(28-15(2)26)12-17-5-6-19-20-7-8-22(29-16(3)27)23(20,4)10-9-21(19)24(14,17)13-25/h5,14,18-22,25H,6-13H2,1-4H3/t14-,18+,19+,20+,21+,22+,23+,24+/m1/s1. The molecule has 4 aliphatic carbocycles. The van der Waals surface area contributed by atoms with Crippen LogP contribution in [-0.4, -0.2) is 35.9 Å². The van der Waals surface area contributed by atoms with Gasteiger partial charge in [-0.3, -0.25) is 9.59 Å². The fraction of sp³-hybridized carbons (Fsp3) is 0.833. The van der Waals surface area contributed by atoms with Gasteiger partial charge in [0.15, 0.2) is 0 Å². The van der Waals surface area contributed by atoms with Crippen molar-refractivity contribution >= 4 is 11.9 Å². The van der Waals surface area contributed by atoms with Crippen LogP contribution in [0.3, 0.4) is 0 Å². The maximum Gasteiger partial charge on any atom is 0.302 e. The molecule has 0 aromatic rings. The van der Waals surface area contributed by atoms with Crippen LogP contribution in [0, 0.1) is 34.5 Å². The molecule has 0 bridgehead atoms. The van der Waals surface area contributed by atoms with Gasteiger partial charge in [0.2, 0.25) is 0 Å². The summed E-state index contributed by atoms with van der Waals surface area (Å²) in [4.78, 5) is 23.1. The summed E-state index contributed by atoms with van der Waals surface area (Å²) in [6.45, 7) is 7.71. The van der Waals surface area contributed by atoms with Crippen LogP contribution in [0.4, 0.5) is 0 Å². The Bertz CT molecular complexity index is 714. The summed E-state index contributed by atoms with van der Waals surface area (Å²) in [6.07, 6.45) is 9.08. The van der Waals surface area contributed by atoms with Gasteiger partial charge in [-0.05, 0) is 62.2 Å². The SMILES string of the molecule is CC(=O)O[C@@H]1CC2=CC[C@H]3[C@@H]4CC[C@H](OC(C)=O)[C@@]4(C)CC[C@@H]3[C@@]2(CO)[C@H](C)C1. The van der Waals surface area contributed by atoms with E-state index in [0.29, 0.717) is 17.8 Å². The molecule has 8 atom stereocenters. The van der Waals surface area contributed by atoms with Crippen molar-refractivity contribution in [2.45, 2.75) is 84.8 Å². The van der Waals surface area contributed by atoms with E-state index in [0.717, 1.165) is 44.9 Å². The number of aliphatic hydroxyl groups excluding tert-OH is 1. The van der Waals surface area contributed by atoms with Gasteiger partial charge in [0.25, 0.3) is 0 Å². The highest BCUT2D eigenvalue weighted by atomic mass is 16.5. The number of ether oxygens (including phenoxy) is 2. The van der Waals surface area contributed by atoms with Gasteiger partial charge in [0.1, 0.15) is 12.2 Å². The molecule has 0 radical (unpaired) electrons. The highest BCUT2D eigenvalue weighted by molar-refractivity contribution is 5.66. The van der Waals surface area contributed by atoms with Gasteiger partial charge in [-0.2, -0.15) is 0 Å². The van der Waals surface area contributed by atoms with Crippen molar-refractivity contribution in [2.75, 3.05) is 6.61 Å². The van der Waals surface area contributed by atoms with E-state index in [9.17, 15) is 14.7 Å². The summed E-state index contributed by atoms with van der Waals surface area (Å²) in [6, 6.07) is 0. The normalized spacial score (nSPS) is 46.0. The monoisotopic (exact) mass is 404 g/mol. The minimum absolute atomic E-state index is 0.0264. The molecule has 4 aliphatic rings. The lowest BCUT2D eigenvalue weighted by Crippen LogP contribution is -2.56. The van der Waals surface area contributed by atoms with Crippen molar-refractivity contribution in [2.24, 2.45) is 34.5 Å². The highest BCUT2D eigenvalue weighted by Gasteiger charge is 2.62. The van der Waals surface area contributed by atoms with Crippen LogP contribution < -0.4 is 0 Å². The Hall–Kier alpha value is -1.36. The number of carbonyl (C=O) groups is 2. The Morgan fingerprint density at radius 3 is 2.52 bits per heavy atom. The molecule has 0 heterocycles. The summed E-state index contributed by atoms with van der Waals surface area (Å²) < 4.78 is 11.3. The maximum absolute atomic E-state index is 11.6. The minimum Gasteiger partial charge on any atom is -0.462 e. The van der Waals surface area contributed by atoms with E-state index in [2.05, 4.69) is 19.9 Å². The molecular formula is C24H36O5. The molecule has 0 spiro atoms. The van der Waals surface area contributed by atoms with Crippen LogP contribution in [0.15, 0.2) is 11.6 Å². The van der Waals surface area contributed by atoms with Crippen LogP contribution >= 0.6 is 0 Å². The molecule has 0 aromatic heterocycles. The van der Waals surface area contributed by atoms with Crippen LogP contribution in [0.1, 0.15) is 72.6 Å². The Kier molecular flexibility index (Phi) is 5.33. The van der Waals surface area contributed by atoms with E-state index in [1.807, 2.05) is 0 Å². The Morgan fingerprint density at radius 2 is 1.86 bits per heavy atom. The summed E-state index contributed by atoms with van der Waals surface area (Å²) in [5.74, 6) is 1.40. The van der Waals surface area contributed by atoms with Crippen molar-refractivity contribution in [1.82, 2.24) is 0 Å². The number of allylic oxidation sites excluding steroid dienone is 1. The van der Waals surface area contributed by atoms with Crippen LogP contribution in [0.5, 0.6) is 0 Å². The number of rotatable bonds is 3. The first-order chi connectivity index (χ1) is 13.7. The van der Waals surface area contributed by atoms with E-state index in [1.165, 1.54) is 19.4 Å². The smallest absolute Gasteiger partial charge is 0.302 e. The lowest BCUT2D eigenvalue weighted by Gasteiger charge is -2.60. The second-order valence-corrected chi connectivity index (χ2v) is 10.3. The molecular weight excluding hydrogens is 368 g/mol. The van der Waals surface area contributed by atoms with Crippen molar-refractivity contribution < 1.29 is 24.2 Å². The predicted octanol–water partition coefficient (Wildman–Crippen LogP) is 4.03. The van der Waals surface area contributed by atoms with Crippen molar-refractivity contribution in [3.8, 4) is 0 Å². The van der Waals surface area contributed by atoms with E-state index >= 15 is 0 Å². The first kappa shape index (κ1) is 20.9. The average Bonchev–Trinajstić information content (AvgIpc) is 2.96. The predicted molar refractivity (Wildman–Crippen MR) is 109 cm³/mol.